The van der Waals surface area contributed by atoms with E-state index in [1.807, 2.05) is 18.2 Å². The number of hydrogen-bond acceptors (Lipinski definition) is 4. The second-order valence-electron chi connectivity index (χ2n) is 4.28. The van der Waals surface area contributed by atoms with Gasteiger partial charge in [-0.1, -0.05) is 18.2 Å². The van der Waals surface area contributed by atoms with E-state index in [9.17, 15) is 4.39 Å². The lowest BCUT2D eigenvalue weighted by Crippen LogP contribution is -2.11. The molecule has 0 fully saturated rings. The standard InChI is InChI=1S/C15H13FN2OS/c16-13-6-2-1-5-12(13)14-9-18-15(20-14)10-17-8-11-4-3-7-19-11/h1-7,9,17H,8,10H2. The van der Waals surface area contributed by atoms with Crippen LogP contribution >= 0.6 is 11.3 Å². The van der Waals surface area contributed by atoms with Crippen molar-refractivity contribution in [3.05, 3.63) is 65.4 Å². The van der Waals surface area contributed by atoms with Gasteiger partial charge in [0, 0.05) is 18.3 Å². The van der Waals surface area contributed by atoms with Gasteiger partial charge in [0.25, 0.3) is 0 Å². The zero-order chi connectivity index (χ0) is 13.8. The highest BCUT2D eigenvalue weighted by atomic mass is 32.1. The number of aromatic nitrogens is 1. The predicted octanol–water partition coefficient (Wildman–Crippen LogP) is 3.83. The highest BCUT2D eigenvalue weighted by Gasteiger charge is 2.08. The van der Waals surface area contributed by atoms with Crippen LogP contribution in [0.25, 0.3) is 10.4 Å². The summed E-state index contributed by atoms with van der Waals surface area (Å²) in [4.78, 5) is 5.16. The molecule has 2 heterocycles. The summed E-state index contributed by atoms with van der Waals surface area (Å²) in [7, 11) is 0. The van der Waals surface area contributed by atoms with Crippen LogP contribution in [0.5, 0.6) is 0 Å². The van der Waals surface area contributed by atoms with Crippen LogP contribution in [-0.4, -0.2) is 4.98 Å². The Bertz CT molecular complexity index is 679. The Labute approximate surface area is 120 Å². The van der Waals surface area contributed by atoms with Gasteiger partial charge in [0.1, 0.15) is 16.6 Å². The minimum atomic E-state index is -0.216. The molecular weight excluding hydrogens is 275 g/mol. The number of benzene rings is 1. The fourth-order valence-electron chi connectivity index (χ4n) is 1.88. The third kappa shape index (κ3) is 2.95. The first-order valence-corrected chi connectivity index (χ1v) is 7.07. The molecule has 0 bridgehead atoms. The van der Waals surface area contributed by atoms with E-state index < -0.39 is 0 Å². The van der Waals surface area contributed by atoms with Gasteiger partial charge >= 0.3 is 0 Å². The average Bonchev–Trinajstić information content (AvgIpc) is 3.11. The number of halogens is 1. The fraction of sp³-hybridized carbons (Fsp3) is 0.133. The Hall–Kier alpha value is -1.98. The van der Waals surface area contributed by atoms with E-state index in [-0.39, 0.29) is 5.82 Å². The Kier molecular flexibility index (Phi) is 3.90. The van der Waals surface area contributed by atoms with Gasteiger partial charge in [0.15, 0.2) is 0 Å². The van der Waals surface area contributed by atoms with Crippen molar-refractivity contribution in [2.75, 3.05) is 0 Å². The molecule has 3 rings (SSSR count). The van der Waals surface area contributed by atoms with Crippen molar-refractivity contribution < 1.29 is 8.81 Å². The number of rotatable bonds is 5. The summed E-state index contributed by atoms with van der Waals surface area (Å²) in [5, 5.41) is 4.17. The van der Waals surface area contributed by atoms with Gasteiger partial charge in [-0.2, -0.15) is 0 Å². The molecule has 20 heavy (non-hydrogen) atoms. The molecule has 0 unspecified atom stereocenters. The first-order valence-electron chi connectivity index (χ1n) is 6.25. The van der Waals surface area contributed by atoms with E-state index in [1.54, 1.807) is 24.6 Å². The number of nitrogens with zero attached hydrogens (tertiary/aromatic N) is 1. The van der Waals surface area contributed by atoms with E-state index in [0.717, 1.165) is 15.6 Å². The van der Waals surface area contributed by atoms with E-state index in [1.165, 1.54) is 17.4 Å². The SMILES string of the molecule is Fc1ccccc1-c1cnc(CNCc2ccco2)s1. The highest BCUT2D eigenvalue weighted by Crippen LogP contribution is 2.28. The molecule has 3 nitrogen and oxygen atoms in total. The van der Waals surface area contributed by atoms with E-state index in [4.69, 9.17) is 4.42 Å². The second-order valence-corrected chi connectivity index (χ2v) is 5.40. The molecule has 0 radical (unpaired) electrons. The third-order valence-electron chi connectivity index (χ3n) is 2.85. The van der Waals surface area contributed by atoms with E-state index >= 15 is 0 Å². The van der Waals surface area contributed by atoms with E-state index in [2.05, 4.69) is 10.3 Å². The van der Waals surface area contributed by atoms with Gasteiger partial charge in [0.05, 0.1) is 17.7 Å². The quantitative estimate of drug-likeness (QED) is 0.775. The third-order valence-corrected chi connectivity index (χ3v) is 3.88. The van der Waals surface area contributed by atoms with Crippen LogP contribution in [0.3, 0.4) is 0 Å². The summed E-state index contributed by atoms with van der Waals surface area (Å²) in [6, 6.07) is 10.5. The van der Waals surface area contributed by atoms with E-state index in [0.29, 0.717) is 18.7 Å². The molecule has 0 aliphatic rings. The molecule has 0 saturated carbocycles. The maximum atomic E-state index is 13.7. The van der Waals surface area contributed by atoms with Crippen LogP contribution in [-0.2, 0) is 13.1 Å². The highest BCUT2D eigenvalue weighted by molar-refractivity contribution is 7.15. The van der Waals surface area contributed by atoms with Crippen molar-refractivity contribution in [1.29, 1.82) is 0 Å². The molecule has 3 aromatic rings. The molecule has 1 N–H and O–H groups in total. The summed E-state index contributed by atoms with van der Waals surface area (Å²) in [6.45, 7) is 1.29. The number of hydrogen-bond donors (Lipinski definition) is 1. The number of thiazole rings is 1. The first-order chi connectivity index (χ1) is 9.83. The fourth-order valence-corrected chi connectivity index (χ4v) is 2.80. The summed E-state index contributed by atoms with van der Waals surface area (Å²) < 4.78 is 18.9. The minimum Gasteiger partial charge on any atom is -0.468 e. The maximum absolute atomic E-state index is 13.7. The largest absolute Gasteiger partial charge is 0.468 e. The lowest BCUT2D eigenvalue weighted by molar-refractivity contribution is 0.483. The Morgan fingerprint density at radius 3 is 2.85 bits per heavy atom. The van der Waals surface area contributed by atoms with Crippen LogP contribution in [0, 0.1) is 5.82 Å². The molecular formula is C15H13FN2OS. The number of furan rings is 1. The van der Waals surface area contributed by atoms with Crippen LogP contribution in [0.1, 0.15) is 10.8 Å². The van der Waals surface area contributed by atoms with Crippen LogP contribution < -0.4 is 5.32 Å². The first kappa shape index (κ1) is 13.0. The molecule has 102 valence electrons. The molecule has 0 saturated heterocycles. The van der Waals surface area contributed by atoms with Crippen LogP contribution in [0.2, 0.25) is 0 Å². The van der Waals surface area contributed by atoms with Crippen molar-refractivity contribution in [1.82, 2.24) is 10.3 Å². The Morgan fingerprint density at radius 1 is 1.15 bits per heavy atom. The normalized spacial score (nSPS) is 10.8. The summed E-state index contributed by atoms with van der Waals surface area (Å²) in [5.74, 6) is 0.669. The summed E-state index contributed by atoms with van der Waals surface area (Å²) >= 11 is 1.49. The monoisotopic (exact) mass is 288 g/mol. The zero-order valence-electron chi connectivity index (χ0n) is 10.7. The predicted molar refractivity (Wildman–Crippen MR) is 76.8 cm³/mol. The zero-order valence-corrected chi connectivity index (χ0v) is 11.5. The average molecular weight is 288 g/mol. The maximum Gasteiger partial charge on any atom is 0.131 e. The number of nitrogens with one attached hydrogen (secondary N) is 1. The Balaban J connectivity index is 1.64. The topological polar surface area (TPSA) is 38.1 Å². The van der Waals surface area contributed by atoms with Gasteiger partial charge in [-0.3, -0.25) is 0 Å². The summed E-state index contributed by atoms with van der Waals surface area (Å²) in [6.07, 6.45) is 3.36. The molecule has 0 aliphatic carbocycles. The van der Waals surface area contributed by atoms with Gasteiger partial charge < -0.3 is 9.73 Å². The van der Waals surface area contributed by atoms with Crippen molar-refractivity contribution >= 4 is 11.3 Å². The lowest BCUT2D eigenvalue weighted by Gasteiger charge is -1.99. The second kappa shape index (κ2) is 5.98. The molecule has 2 aromatic heterocycles. The molecule has 0 atom stereocenters. The molecule has 0 amide bonds. The van der Waals surface area contributed by atoms with Gasteiger partial charge in [-0.25, -0.2) is 9.37 Å². The lowest BCUT2D eigenvalue weighted by atomic mass is 10.2. The molecule has 0 spiro atoms. The molecule has 0 aliphatic heterocycles. The van der Waals surface area contributed by atoms with Crippen molar-refractivity contribution in [3.8, 4) is 10.4 Å². The van der Waals surface area contributed by atoms with Crippen molar-refractivity contribution in [2.45, 2.75) is 13.1 Å². The molecule has 5 heteroatoms. The Morgan fingerprint density at radius 2 is 2.05 bits per heavy atom. The smallest absolute Gasteiger partial charge is 0.131 e. The minimum absolute atomic E-state index is 0.216. The van der Waals surface area contributed by atoms with Crippen molar-refractivity contribution in [2.24, 2.45) is 0 Å². The van der Waals surface area contributed by atoms with Gasteiger partial charge in [-0.05, 0) is 18.2 Å². The van der Waals surface area contributed by atoms with Gasteiger partial charge in [0.2, 0.25) is 0 Å². The summed E-state index contributed by atoms with van der Waals surface area (Å²) in [5.41, 5.74) is 0.599. The van der Waals surface area contributed by atoms with Crippen molar-refractivity contribution in [3.63, 3.8) is 0 Å². The van der Waals surface area contributed by atoms with Crippen LogP contribution in [0.4, 0.5) is 4.39 Å². The van der Waals surface area contributed by atoms with Gasteiger partial charge in [-0.15, -0.1) is 11.3 Å². The molecule has 1 aromatic carbocycles. The van der Waals surface area contributed by atoms with Crippen LogP contribution in [0.15, 0.2) is 53.3 Å².